The third-order valence-corrected chi connectivity index (χ3v) is 6.54. The van der Waals surface area contributed by atoms with E-state index in [1.807, 2.05) is 12.1 Å². The van der Waals surface area contributed by atoms with Crippen LogP contribution < -0.4 is 0 Å². The number of piperidine rings is 1. The first-order valence-electron chi connectivity index (χ1n) is 9.26. The van der Waals surface area contributed by atoms with Crippen LogP contribution in [0, 0.1) is 5.92 Å². The van der Waals surface area contributed by atoms with Crippen molar-refractivity contribution in [3.8, 4) is 5.75 Å². The molecule has 0 spiro atoms. The van der Waals surface area contributed by atoms with E-state index in [-0.39, 0.29) is 5.41 Å². The fraction of sp³-hybridized carbons (Fsp3) is 0.455. The number of hydrogen-bond donors (Lipinski definition) is 1. The van der Waals surface area contributed by atoms with Gasteiger partial charge in [-0.2, -0.15) is 0 Å². The van der Waals surface area contributed by atoms with Crippen LogP contribution in [0.4, 0.5) is 0 Å². The number of aromatic hydroxyl groups is 1. The Morgan fingerprint density at radius 2 is 1.92 bits per heavy atom. The van der Waals surface area contributed by atoms with Crippen molar-refractivity contribution in [2.45, 2.75) is 50.6 Å². The molecule has 0 aromatic heterocycles. The zero-order valence-corrected chi connectivity index (χ0v) is 14.5. The molecule has 24 heavy (non-hydrogen) atoms. The molecule has 2 fully saturated rings. The maximum absolute atomic E-state index is 9.96. The minimum atomic E-state index is 0.245. The Hall–Kier alpha value is -1.80. The second-order valence-corrected chi connectivity index (χ2v) is 7.66. The average molecular weight is 321 g/mol. The summed E-state index contributed by atoms with van der Waals surface area (Å²) in [4.78, 5) is 2.69. The van der Waals surface area contributed by atoms with Gasteiger partial charge in [-0.25, -0.2) is 0 Å². The molecule has 2 heteroatoms. The maximum atomic E-state index is 9.96. The minimum Gasteiger partial charge on any atom is -0.508 e. The van der Waals surface area contributed by atoms with E-state index in [1.165, 1.54) is 36.8 Å². The number of nitrogens with zero attached hydrogens (tertiary/aromatic N) is 1. The number of benzene rings is 2. The van der Waals surface area contributed by atoms with Gasteiger partial charge in [0.05, 0.1) is 0 Å². The van der Waals surface area contributed by atoms with Crippen LogP contribution in [0.1, 0.15) is 43.7 Å². The highest BCUT2D eigenvalue weighted by molar-refractivity contribution is 5.35. The summed E-state index contributed by atoms with van der Waals surface area (Å²) in [5, 5.41) is 9.96. The molecule has 1 saturated carbocycles. The first-order chi connectivity index (χ1) is 11.7. The number of rotatable bonds is 3. The van der Waals surface area contributed by atoms with Gasteiger partial charge in [-0.15, -0.1) is 0 Å². The highest BCUT2D eigenvalue weighted by Crippen LogP contribution is 2.51. The Bertz CT molecular complexity index is 698. The molecule has 2 aromatic rings. The monoisotopic (exact) mass is 321 g/mol. The lowest BCUT2D eigenvalue weighted by Crippen LogP contribution is -2.57. The van der Waals surface area contributed by atoms with Gasteiger partial charge in [0, 0.05) is 18.0 Å². The molecule has 0 radical (unpaired) electrons. The molecule has 3 atom stereocenters. The summed E-state index contributed by atoms with van der Waals surface area (Å²) in [6, 6.07) is 19.5. The van der Waals surface area contributed by atoms with Crippen LogP contribution in [0.5, 0.6) is 5.75 Å². The molecule has 2 nitrogen and oxygen atoms in total. The van der Waals surface area contributed by atoms with Gasteiger partial charge in [-0.05, 0) is 55.0 Å². The van der Waals surface area contributed by atoms with Crippen molar-refractivity contribution in [3.63, 3.8) is 0 Å². The van der Waals surface area contributed by atoms with E-state index in [1.54, 1.807) is 6.07 Å². The standard InChI is InChI=1S/C22H27NO/c1-17-21-11-6-12-22(17,19-9-5-10-20(24)15-19)13-14-23(21)16-18-7-3-2-4-8-18/h2-5,7-10,15,17,21,24H,6,11-14,16H2,1H3/t17-,21+,22+/m0/s1. The second kappa shape index (κ2) is 6.25. The third kappa shape index (κ3) is 2.63. The molecule has 1 saturated heterocycles. The number of phenolic OH excluding ortho intramolecular Hbond substituents is 1. The highest BCUT2D eigenvalue weighted by atomic mass is 16.3. The fourth-order valence-corrected chi connectivity index (χ4v) is 5.21. The van der Waals surface area contributed by atoms with Crippen molar-refractivity contribution in [2.24, 2.45) is 5.92 Å². The Morgan fingerprint density at radius 3 is 2.71 bits per heavy atom. The van der Waals surface area contributed by atoms with E-state index in [0.29, 0.717) is 17.7 Å². The second-order valence-electron chi connectivity index (χ2n) is 7.66. The van der Waals surface area contributed by atoms with Crippen LogP contribution in [-0.4, -0.2) is 22.6 Å². The smallest absolute Gasteiger partial charge is 0.115 e. The molecule has 1 heterocycles. The van der Waals surface area contributed by atoms with E-state index in [2.05, 4.69) is 48.2 Å². The summed E-state index contributed by atoms with van der Waals surface area (Å²) < 4.78 is 0. The van der Waals surface area contributed by atoms with Crippen LogP contribution in [0.3, 0.4) is 0 Å². The third-order valence-electron chi connectivity index (χ3n) is 6.54. The number of likely N-dealkylation sites (tertiary alicyclic amines) is 1. The first kappa shape index (κ1) is 15.7. The molecule has 2 aliphatic rings. The predicted molar refractivity (Wildman–Crippen MR) is 98.1 cm³/mol. The molecule has 0 amide bonds. The van der Waals surface area contributed by atoms with E-state index in [9.17, 15) is 5.11 Å². The summed E-state index contributed by atoms with van der Waals surface area (Å²) in [7, 11) is 0. The molecule has 1 N–H and O–H groups in total. The Balaban J connectivity index is 1.61. The SMILES string of the molecule is C[C@H]1[C@H]2CCC[C@@]1(c1cccc(O)c1)CCN2Cc1ccccc1. The number of fused-ring (bicyclic) bond motifs is 2. The quantitative estimate of drug-likeness (QED) is 0.884. The maximum Gasteiger partial charge on any atom is 0.115 e. The van der Waals surface area contributed by atoms with Crippen molar-refractivity contribution >= 4 is 0 Å². The zero-order chi connectivity index (χ0) is 16.6. The lowest BCUT2D eigenvalue weighted by Gasteiger charge is -2.55. The lowest BCUT2D eigenvalue weighted by molar-refractivity contribution is -0.00795. The molecular formula is C22H27NO. The van der Waals surface area contributed by atoms with E-state index < -0.39 is 0 Å². The molecule has 2 bridgehead atoms. The molecular weight excluding hydrogens is 294 g/mol. The van der Waals surface area contributed by atoms with Gasteiger partial charge < -0.3 is 5.11 Å². The number of hydrogen-bond acceptors (Lipinski definition) is 2. The number of phenols is 1. The summed E-state index contributed by atoms with van der Waals surface area (Å²) in [6.45, 7) is 4.65. The van der Waals surface area contributed by atoms with Crippen molar-refractivity contribution in [3.05, 3.63) is 65.7 Å². The topological polar surface area (TPSA) is 23.5 Å². The molecule has 0 unspecified atom stereocenters. The predicted octanol–water partition coefficient (Wildman–Crippen LogP) is 4.72. The van der Waals surface area contributed by atoms with Crippen molar-refractivity contribution in [2.75, 3.05) is 6.54 Å². The first-order valence-corrected chi connectivity index (χ1v) is 9.26. The van der Waals surface area contributed by atoms with E-state index in [0.717, 1.165) is 13.1 Å². The van der Waals surface area contributed by atoms with E-state index >= 15 is 0 Å². The van der Waals surface area contributed by atoms with Crippen LogP contribution in [0.25, 0.3) is 0 Å². The lowest BCUT2D eigenvalue weighted by atomic mass is 9.57. The Morgan fingerprint density at radius 1 is 1.08 bits per heavy atom. The van der Waals surface area contributed by atoms with Gasteiger partial charge in [0.2, 0.25) is 0 Å². The molecule has 2 aromatic carbocycles. The summed E-state index contributed by atoms with van der Waals surface area (Å²) >= 11 is 0. The largest absolute Gasteiger partial charge is 0.508 e. The van der Waals surface area contributed by atoms with Crippen molar-refractivity contribution in [1.29, 1.82) is 0 Å². The summed E-state index contributed by atoms with van der Waals surface area (Å²) in [5.74, 6) is 1.04. The van der Waals surface area contributed by atoms with Crippen LogP contribution >= 0.6 is 0 Å². The van der Waals surface area contributed by atoms with Gasteiger partial charge in [0.1, 0.15) is 5.75 Å². The fourth-order valence-electron chi connectivity index (χ4n) is 5.21. The van der Waals surface area contributed by atoms with Crippen LogP contribution in [0.15, 0.2) is 54.6 Å². The molecule has 126 valence electrons. The van der Waals surface area contributed by atoms with Crippen molar-refractivity contribution < 1.29 is 5.11 Å². The van der Waals surface area contributed by atoms with Crippen molar-refractivity contribution in [1.82, 2.24) is 4.90 Å². The minimum absolute atomic E-state index is 0.245. The summed E-state index contributed by atoms with van der Waals surface area (Å²) in [6.07, 6.45) is 5.04. The Labute approximate surface area is 145 Å². The Kier molecular flexibility index (Phi) is 4.09. The summed E-state index contributed by atoms with van der Waals surface area (Å²) in [5.41, 5.74) is 3.01. The van der Waals surface area contributed by atoms with E-state index in [4.69, 9.17) is 0 Å². The van der Waals surface area contributed by atoms with Gasteiger partial charge in [0.25, 0.3) is 0 Å². The molecule has 4 rings (SSSR count). The van der Waals surface area contributed by atoms with Crippen LogP contribution in [0.2, 0.25) is 0 Å². The average Bonchev–Trinajstić information content (AvgIpc) is 2.59. The van der Waals surface area contributed by atoms with Gasteiger partial charge in [0.15, 0.2) is 0 Å². The highest BCUT2D eigenvalue weighted by Gasteiger charge is 2.49. The van der Waals surface area contributed by atoms with Gasteiger partial charge in [-0.3, -0.25) is 4.90 Å². The van der Waals surface area contributed by atoms with Gasteiger partial charge in [-0.1, -0.05) is 55.8 Å². The normalized spacial score (nSPS) is 30.2. The molecule has 1 aliphatic heterocycles. The van der Waals surface area contributed by atoms with Gasteiger partial charge >= 0.3 is 0 Å². The zero-order valence-electron chi connectivity index (χ0n) is 14.5. The van der Waals surface area contributed by atoms with Crippen LogP contribution in [-0.2, 0) is 12.0 Å². The molecule has 1 aliphatic carbocycles.